The zero-order valence-electron chi connectivity index (χ0n) is 9.84. The second-order valence-electron chi connectivity index (χ2n) is 3.93. The fourth-order valence-corrected chi connectivity index (χ4v) is 1.89. The van der Waals surface area contributed by atoms with Gasteiger partial charge >= 0.3 is 0 Å². The molecule has 0 radical (unpaired) electrons. The maximum Gasteiger partial charge on any atom is 0.222 e. The van der Waals surface area contributed by atoms with Gasteiger partial charge in [-0.1, -0.05) is 30.3 Å². The fraction of sp³-hybridized carbons (Fsp3) is 0.231. The molecule has 0 spiro atoms. The van der Waals surface area contributed by atoms with E-state index in [1.807, 2.05) is 36.5 Å². The highest BCUT2D eigenvalue weighted by molar-refractivity contribution is 9.10. The molecule has 0 saturated heterocycles. The molecule has 94 valence electrons. The molecule has 18 heavy (non-hydrogen) atoms. The van der Waals surface area contributed by atoms with Gasteiger partial charge in [-0.15, -0.1) is 0 Å². The average molecular weight is 308 g/mol. The Morgan fingerprint density at radius 3 is 2.78 bits per heavy atom. The number of hydrogen-bond acceptors (Lipinski definition) is 2. The summed E-state index contributed by atoms with van der Waals surface area (Å²) in [6, 6.07) is 9.86. The summed E-state index contributed by atoms with van der Waals surface area (Å²) >= 11 is 3.32. The van der Waals surface area contributed by atoms with Crippen LogP contribution in [0, 0.1) is 0 Å². The van der Waals surface area contributed by atoms with Gasteiger partial charge in [0.2, 0.25) is 5.91 Å². The van der Waals surface area contributed by atoms with E-state index in [0.29, 0.717) is 19.5 Å². The Hall–Kier alpha value is -1.62. The lowest BCUT2D eigenvalue weighted by Crippen LogP contribution is -2.23. The first-order valence-corrected chi connectivity index (χ1v) is 6.52. The van der Waals surface area contributed by atoms with Gasteiger partial charge in [-0.05, 0) is 21.5 Å². The summed E-state index contributed by atoms with van der Waals surface area (Å²) in [4.78, 5) is 11.6. The molecule has 1 aromatic heterocycles. The van der Waals surface area contributed by atoms with Crippen molar-refractivity contribution < 1.29 is 4.79 Å². The summed E-state index contributed by atoms with van der Waals surface area (Å²) in [5.41, 5.74) is 1.10. The highest BCUT2D eigenvalue weighted by atomic mass is 79.9. The molecule has 1 amide bonds. The van der Waals surface area contributed by atoms with Gasteiger partial charge in [0, 0.05) is 25.7 Å². The van der Waals surface area contributed by atoms with Crippen molar-refractivity contribution in [1.29, 1.82) is 0 Å². The van der Waals surface area contributed by atoms with Crippen molar-refractivity contribution in [3.8, 4) is 0 Å². The zero-order valence-corrected chi connectivity index (χ0v) is 11.4. The third kappa shape index (κ3) is 4.00. The first-order chi connectivity index (χ1) is 8.74. The Morgan fingerprint density at radius 1 is 1.33 bits per heavy atom. The van der Waals surface area contributed by atoms with Gasteiger partial charge in [-0.3, -0.25) is 9.48 Å². The van der Waals surface area contributed by atoms with E-state index in [2.05, 4.69) is 26.3 Å². The number of nitrogens with zero attached hydrogens (tertiary/aromatic N) is 2. The van der Waals surface area contributed by atoms with Crippen LogP contribution in [0.1, 0.15) is 12.0 Å². The van der Waals surface area contributed by atoms with E-state index in [1.54, 1.807) is 10.9 Å². The Labute approximate surface area is 114 Å². The molecule has 0 aliphatic rings. The van der Waals surface area contributed by atoms with Crippen LogP contribution in [0.4, 0.5) is 0 Å². The minimum Gasteiger partial charge on any atom is -0.352 e. The van der Waals surface area contributed by atoms with Crippen LogP contribution in [0.5, 0.6) is 0 Å². The molecule has 2 rings (SSSR count). The molecule has 0 bridgehead atoms. The molecular formula is C13H14BrN3O. The normalized spacial score (nSPS) is 10.3. The van der Waals surface area contributed by atoms with E-state index in [-0.39, 0.29) is 5.91 Å². The predicted octanol–water partition coefficient (Wildman–Crippen LogP) is 2.35. The van der Waals surface area contributed by atoms with Crippen molar-refractivity contribution >= 4 is 21.8 Å². The molecule has 0 atom stereocenters. The van der Waals surface area contributed by atoms with E-state index < -0.39 is 0 Å². The Kier molecular flexibility index (Phi) is 4.52. The van der Waals surface area contributed by atoms with Crippen molar-refractivity contribution in [1.82, 2.24) is 15.1 Å². The quantitative estimate of drug-likeness (QED) is 0.921. The van der Waals surface area contributed by atoms with Crippen molar-refractivity contribution in [3.63, 3.8) is 0 Å². The summed E-state index contributed by atoms with van der Waals surface area (Å²) in [5.74, 6) is 0.0328. The van der Waals surface area contributed by atoms with Crippen LogP contribution in [-0.2, 0) is 17.9 Å². The largest absolute Gasteiger partial charge is 0.352 e. The standard InChI is InChI=1S/C13H14BrN3O/c14-12-9-16-17(10-12)7-6-13(18)15-8-11-4-2-1-3-5-11/h1-5,9-10H,6-8H2,(H,15,18). The summed E-state index contributed by atoms with van der Waals surface area (Å²) < 4.78 is 2.67. The molecule has 1 heterocycles. The van der Waals surface area contributed by atoms with E-state index in [1.165, 1.54) is 0 Å². The highest BCUT2D eigenvalue weighted by Crippen LogP contribution is 2.06. The number of hydrogen-bond donors (Lipinski definition) is 1. The highest BCUT2D eigenvalue weighted by Gasteiger charge is 2.02. The first-order valence-electron chi connectivity index (χ1n) is 5.72. The third-order valence-electron chi connectivity index (χ3n) is 2.50. The molecule has 2 aromatic rings. The second-order valence-corrected chi connectivity index (χ2v) is 4.85. The lowest BCUT2D eigenvalue weighted by molar-refractivity contribution is -0.121. The number of carbonyl (C=O) groups is 1. The smallest absolute Gasteiger partial charge is 0.222 e. The van der Waals surface area contributed by atoms with Crippen LogP contribution < -0.4 is 5.32 Å². The monoisotopic (exact) mass is 307 g/mol. The van der Waals surface area contributed by atoms with Crippen LogP contribution >= 0.6 is 15.9 Å². The van der Waals surface area contributed by atoms with Gasteiger partial charge in [-0.2, -0.15) is 5.10 Å². The number of amides is 1. The van der Waals surface area contributed by atoms with Crippen molar-refractivity contribution in [3.05, 3.63) is 52.8 Å². The van der Waals surface area contributed by atoms with Crippen LogP contribution in [0.3, 0.4) is 0 Å². The Morgan fingerprint density at radius 2 is 2.11 bits per heavy atom. The summed E-state index contributed by atoms with van der Waals surface area (Å²) in [5, 5.41) is 6.98. The molecule has 1 N–H and O–H groups in total. The lowest BCUT2D eigenvalue weighted by atomic mass is 10.2. The molecule has 0 aliphatic carbocycles. The summed E-state index contributed by atoms with van der Waals surface area (Å²) in [6.07, 6.45) is 3.99. The number of rotatable bonds is 5. The number of benzene rings is 1. The maximum absolute atomic E-state index is 11.6. The van der Waals surface area contributed by atoms with E-state index in [0.717, 1.165) is 10.0 Å². The predicted molar refractivity (Wildman–Crippen MR) is 72.8 cm³/mol. The number of aryl methyl sites for hydroxylation is 1. The zero-order chi connectivity index (χ0) is 12.8. The summed E-state index contributed by atoms with van der Waals surface area (Å²) in [7, 11) is 0. The molecule has 4 nitrogen and oxygen atoms in total. The van der Waals surface area contributed by atoms with Crippen molar-refractivity contribution in [2.75, 3.05) is 0 Å². The molecule has 0 unspecified atom stereocenters. The van der Waals surface area contributed by atoms with E-state index >= 15 is 0 Å². The molecule has 1 aromatic carbocycles. The number of aromatic nitrogens is 2. The van der Waals surface area contributed by atoms with Crippen LogP contribution in [-0.4, -0.2) is 15.7 Å². The van der Waals surface area contributed by atoms with Gasteiger partial charge < -0.3 is 5.32 Å². The van der Waals surface area contributed by atoms with Gasteiger partial charge in [0.05, 0.1) is 10.7 Å². The number of carbonyl (C=O) groups excluding carboxylic acids is 1. The van der Waals surface area contributed by atoms with E-state index in [4.69, 9.17) is 0 Å². The molecular weight excluding hydrogens is 294 g/mol. The minimum atomic E-state index is 0.0328. The number of halogens is 1. The van der Waals surface area contributed by atoms with E-state index in [9.17, 15) is 4.79 Å². The molecule has 0 aliphatic heterocycles. The summed E-state index contributed by atoms with van der Waals surface area (Å²) in [6.45, 7) is 1.16. The minimum absolute atomic E-state index is 0.0328. The first kappa shape index (κ1) is 12.8. The van der Waals surface area contributed by atoms with Crippen molar-refractivity contribution in [2.45, 2.75) is 19.5 Å². The second kappa shape index (κ2) is 6.35. The molecule has 0 fully saturated rings. The maximum atomic E-state index is 11.6. The van der Waals surface area contributed by atoms with Crippen molar-refractivity contribution in [2.24, 2.45) is 0 Å². The molecule has 5 heteroatoms. The van der Waals surface area contributed by atoms with Crippen LogP contribution in [0.15, 0.2) is 47.2 Å². The van der Waals surface area contributed by atoms with Gasteiger partial charge in [0.1, 0.15) is 0 Å². The Bertz CT molecular complexity index is 510. The van der Waals surface area contributed by atoms with Gasteiger partial charge in [-0.25, -0.2) is 0 Å². The number of nitrogens with one attached hydrogen (secondary N) is 1. The van der Waals surface area contributed by atoms with Gasteiger partial charge in [0.15, 0.2) is 0 Å². The average Bonchev–Trinajstić information content (AvgIpc) is 2.81. The third-order valence-corrected chi connectivity index (χ3v) is 2.91. The fourth-order valence-electron chi connectivity index (χ4n) is 1.56. The molecule has 0 saturated carbocycles. The van der Waals surface area contributed by atoms with Gasteiger partial charge in [0.25, 0.3) is 0 Å². The van der Waals surface area contributed by atoms with Crippen LogP contribution in [0.2, 0.25) is 0 Å². The topological polar surface area (TPSA) is 46.9 Å². The van der Waals surface area contributed by atoms with Crippen LogP contribution in [0.25, 0.3) is 0 Å². The lowest BCUT2D eigenvalue weighted by Gasteiger charge is -2.05. The SMILES string of the molecule is O=C(CCn1cc(Br)cn1)NCc1ccccc1. The Balaban J connectivity index is 1.73.